The molecule has 0 radical (unpaired) electrons. The molecule has 3 heteroatoms. The van der Waals surface area contributed by atoms with Gasteiger partial charge in [-0.25, -0.2) is 0 Å². The summed E-state index contributed by atoms with van der Waals surface area (Å²) in [4.78, 5) is 10.6. The first kappa shape index (κ1) is 8.11. The number of hydrogen-bond donors (Lipinski definition) is 0. The van der Waals surface area contributed by atoms with Crippen LogP contribution in [-0.4, -0.2) is 11.8 Å². The molecule has 1 aliphatic heterocycles. The highest BCUT2D eigenvalue weighted by Crippen LogP contribution is 2.23. The maximum absolute atomic E-state index is 10.6. The van der Waals surface area contributed by atoms with Gasteiger partial charge in [0, 0.05) is 20.3 Å². The van der Waals surface area contributed by atoms with E-state index in [-0.39, 0.29) is 5.97 Å². The van der Waals surface area contributed by atoms with Crippen LogP contribution in [0.4, 0.5) is 0 Å². The summed E-state index contributed by atoms with van der Waals surface area (Å²) in [6.07, 6.45) is 5.10. The van der Waals surface area contributed by atoms with E-state index in [1.807, 2.05) is 6.08 Å². The third kappa shape index (κ3) is 2.26. The third-order valence-corrected chi connectivity index (χ3v) is 1.54. The standard InChI is InChI=1S/C8H12O3/c1-7(9)11-8(2)5-3-4-6-10-8/h4,6H,3,5H2,1-2H3. The van der Waals surface area contributed by atoms with E-state index in [0.717, 1.165) is 12.8 Å². The second kappa shape index (κ2) is 2.95. The van der Waals surface area contributed by atoms with Crippen molar-refractivity contribution in [1.29, 1.82) is 0 Å². The summed E-state index contributed by atoms with van der Waals surface area (Å²) < 4.78 is 10.1. The summed E-state index contributed by atoms with van der Waals surface area (Å²) in [5.41, 5.74) is 0. The number of carbonyl (C=O) groups is 1. The molecule has 0 fully saturated rings. The number of esters is 1. The number of rotatable bonds is 1. The Morgan fingerprint density at radius 2 is 2.45 bits per heavy atom. The molecule has 62 valence electrons. The van der Waals surface area contributed by atoms with E-state index in [0.29, 0.717) is 0 Å². The zero-order chi connectivity index (χ0) is 8.32. The van der Waals surface area contributed by atoms with Gasteiger partial charge in [0.2, 0.25) is 0 Å². The smallest absolute Gasteiger partial charge is 0.305 e. The molecule has 1 rings (SSSR count). The lowest BCUT2D eigenvalue weighted by Gasteiger charge is -2.29. The molecule has 1 unspecified atom stereocenters. The molecule has 11 heavy (non-hydrogen) atoms. The van der Waals surface area contributed by atoms with Gasteiger partial charge in [-0.15, -0.1) is 0 Å². The molecule has 0 spiro atoms. The van der Waals surface area contributed by atoms with Crippen molar-refractivity contribution >= 4 is 5.97 Å². The minimum Gasteiger partial charge on any atom is -0.460 e. The lowest BCUT2D eigenvalue weighted by molar-refractivity contribution is -0.207. The summed E-state index contributed by atoms with van der Waals surface area (Å²) in [5.74, 6) is -1.04. The van der Waals surface area contributed by atoms with Gasteiger partial charge in [-0.2, -0.15) is 0 Å². The maximum atomic E-state index is 10.6. The molecule has 0 saturated heterocycles. The quantitative estimate of drug-likeness (QED) is 0.541. The van der Waals surface area contributed by atoms with Crippen molar-refractivity contribution in [3.05, 3.63) is 12.3 Å². The average Bonchev–Trinajstić information content (AvgIpc) is 1.85. The lowest BCUT2D eigenvalue weighted by Crippen LogP contribution is -2.33. The van der Waals surface area contributed by atoms with E-state index in [9.17, 15) is 4.79 Å². The second-order valence-corrected chi connectivity index (χ2v) is 2.76. The SMILES string of the molecule is CC(=O)OC1(C)CCC=CO1. The van der Waals surface area contributed by atoms with Gasteiger partial charge in [0.1, 0.15) is 0 Å². The zero-order valence-corrected chi connectivity index (χ0v) is 6.79. The Hall–Kier alpha value is -0.990. The van der Waals surface area contributed by atoms with Crippen molar-refractivity contribution in [2.45, 2.75) is 32.5 Å². The molecule has 0 amide bonds. The maximum Gasteiger partial charge on any atom is 0.305 e. The van der Waals surface area contributed by atoms with Crippen LogP contribution in [0.2, 0.25) is 0 Å². The monoisotopic (exact) mass is 156 g/mol. The van der Waals surface area contributed by atoms with Crippen molar-refractivity contribution in [2.75, 3.05) is 0 Å². The van der Waals surface area contributed by atoms with Gasteiger partial charge < -0.3 is 9.47 Å². The topological polar surface area (TPSA) is 35.5 Å². The summed E-state index contributed by atoms with van der Waals surface area (Å²) in [6.45, 7) is 3.14. The van der Waals surface area contributed by atoms with Gasteiger partial charge in [-0.3, -0.25) is 4.79 Å². The normalized spacial score (nSPS) is 29.3. The molecule has 0 aromatic carbocycles. The van der Waals surface area contributed by atoms with Crippen molar-refractivity contribution in [1.82, 2.24) is 0 Å². The number of hydrogen-bond acceptors (Lipinski definition) is 3. The van der Waals surface area contributed by atoms with Crippen molar-refractivity contribution < 1.29 is 14.3 Å². The Morgan fingerprint density at radius 3 is 2.91 bits per heavy atom. The number of ether oxygens (including phenoxy) is 2. The molecule has 3 nitrogen and oxygen atoms in total. The predicted molar refractivity (Wildman–Crippen MR) is 39.6 cm³/mol. The fourth-order valence-corrected chi connectivity index (χ4v) is 1.04. The van der Waals surface area contributed by atoms with E-state index in [1.165, 1.54) is 6.92 Å². The first-order valence-corrected chi connectivity index (χ1v) is 3.65. The average molecular weight is 156 g/mol. The zero-order valence-electron chi connectivity index (χ0n) is 6.79. The van der Waals surface area contributed by atoms with Crippen LogP contribution in [0, 0.1) is 0 Å². The van der Waals surface area contributed by atoms with Crippen LogP contribution in [0.5, 0.6) is 0 Å². The highest BCUT2D eigenvalue weighted by atomic mass is 16.7. The summed E-state index contributed by atoms with van der Waals surface area (Å²) in [6, 6.07) is 0. The van der Waals surface area contributed by atoms with Crippen LogP contribution in [0.1, 0.15) is 26.7 Å². The van der Waals surface area contributed by atoms with Gasteiger partial charge in [-0.05, 0) is 12.5 Å². The summed E-state index contributed by atoms with van der Waals surface area (Å²) >= 11 is 0. The third-order valence-electron chi connectivity index (χ3n) is 1.54. The number of carbonyl (C=O) groups excluding carboxylic acids is 1. The predicted octanol–water partition coefficient (Wildman–Crippen LogP) is 1.59. The molecule has 0 bridgehead atoms. The van der Waals surface area contributed by atoms with Gasteiger partial charge in [0.15, 0.2) is 0 Å². The Morgan fingerprint density at radius 1 is 1.73 bits per heavy atom. The Kier molecular flexibility index (Phi) is 2.17. The van der Waals surface area contributed by atoms with Gasteiger partial charge in [0.05, 0.1) is 6.26 Å². The Bertz CT molecular complexity index is 186. The van der Waals surface area contributed by atoms with Crippen LogP contribution in [0.25, 0.3) is 0 Å². The lowest BCUT2D eigenvalue weighted by atomic mass is 10.1. The van der Waals surface area contributed by atoms with Crippen LogP contribution in [0.15, 0.2) is 12.3 Å². The molecule has 0 N–H and O–H groups in total. The molecular formula is C8H12O3. The van der Waals surface area contributed by atoms with Crippen molar-refractivity contribution in [2.24, 2.45) is 0 Å². The van der Waals surface area contributed by atoms with Crippen molar-refractivity contribution in [3.8, 4) is 0 Å². The molecule has 1 atom stereocenters. The van der Waals surface area contributed by atoms with Crippen LogP contribution >= 0.6 is 0 Å². The van der Waals surface area contributed by atoms with E-state index in [1.54, 1.807) is 13.2 Å². The molecular weight excluding hydrogens is 144 g/mol. The van der Waals surface area contributed by atoms with E-state index >= 15 is 0 Å². The van der Waals surface area contributed by atoms with Gasteiger partial charge in [0.25, 0.3) is 5.79 Å². The first-order chi connectivity index (χ1) is 5.12. The molecule has 0 aromatic heterocycles. The molecule has 0 aromatic rings. The van der Waals surface area contributed by atoms with E-state index < -0.39 is 5.79 Å². The first-order valence-electron chi connectivity index (χ1n) is 3.65. The van der Waals surface area contributed by atoms with E-state index in [4.69, 9.17) is 9.47 Å². The number of allylic oxidation sites excluding steroid dienone is 1. The molecule has 0 saturated carbocycles. The largest absolute Gasteiger partial charge is 0.460 e. The minimum atomic E-state index is -0.736. The molecule has 1 heterocycles. The fourth-order valence-electron chi connectivity index (χ4n) is 1.04. The van der Waals surface area contributed by atoms with Crippen LogP contribution in [0.3, 0.4) is 0 Å². The highest BCUT2D eigenvalue weighted by Gasteiger charge is 2.29. The van der Waals surface area contributed by atoms with Crippen LogP contribution < -0.4 is 0 Å². The summed E-state index contributed by atoms with van der Waals surface area (Å²) in [5, 5.41) is 0. The second-order valence-electron chi connectivity index (χ2n) is 2.76. The Labute approximate surface area is 66.0 Å². The van der Waals surface area contributed by atoms with Crippen LogP contribution in [-0.2, 0) is 14.3 Å². The minimum absolute atomic E-state index is 0.303. The summed E-state index contributed by atoms with van der Waals surface area (Å²) in [7, 11) is 0. The molecule has 0 aliphatic carbocycles. The Balaban J connectivity index is 2.52. The molecule has 1 aliphatic rings. The fraction of sp³-hybridized carbons (Fsp3) is 0.625. The van der Waals surface area contributed by atoms with Crippen molar-refractivity contribution in [3.63, 3.8) is 0 Å². The van der Waals surface area contributed by atoms with Gasteiger partial charge in [-0.1, -0.05) is 0 Å². The highest BCUT2D eigenvalue weighted by molar-refractivity contribution is 5.66. The van der Waals surface area contributed by atoms with E-state index in [2.05, 4.69) is 0 Å². The van der Waals surface area contributed by atoms with Gasteiger partial charge >= 0.3 is 5.97 Å².